The van der Waals surface area contributed by atoms with E-state index in [-0.39, 0.29) is 23.5 Å². The molecule has 1 aromatic rings. The highest BCUT2D eigenvalue weighted by Crippen LogP contribution is 2.40. The second-order valence-corrected chi connectivity index (χ2v) is 6.02. The quantitative estimate of drug-likeness (QED) is 0.768. The van der Waals surface area contributed by atoms with E-state index in [0.717, 1.165) is 11.1 Å². The van der Waals surface area contributed by atoms with Gasteiger partial charge in [0.2, 0.25) is 5.91 Å². The first kappa shape index (κ1) is 14.0. The van der Waals surface area contributed by atoms with Crippen LogP contribution >= 0.6 is 0 Å². The molecule has 3 atom stereocenters. The molecule has 0 saturated heterocycles. The summed E-state index contributed by atoms with van der Waals surface area (Å²) in [4.78, 5) is 12.1. The Bertz CT molecular complexity index is 468. The van der Waals surface area contributed by atoms with Gasteiger partial charge >= 0.3 is 0 Å². The van der Waals surface area contributed by atoms with Crippen LogP contribution in [0.1, 0.15) is 37.4 Å². The van der Waals surface area contributed by atoms with Crippen molar-refractivity contribution in [2.75, 3.05) is 0 Å². The average molecular weight is 262 g/mol. The van der Waals surface area contributed by atoms with Crippen LogP contribution < -0.4 is 11.1 Å². The van der Waals surface area contributed by atoms with Crippen LogP contribution in [-0.2, 0) is 4.79 Å². The lowest BCUT2D eigenvalue weighted by Gasteiger charge is -2.49. The van der Waals surface area contributed by atoms with Crippen LogP contribution in [0.25, 0.3) is 0 Å². The topological polar surface area (TPSA) is 75.4 Å². The highest BCUT2D eigenvalue weighted by molar-refractivity contribution is 5.83. The lowest BCUT2D eigenvalue weighted by molar-refractivity contribution is -0.130. The van der Waals surface area contributed by atoms with E-state index in [0.29, 0.717) is 6.42 Å². The van der Waals surface area contributed by atoms with Crippen LogP contribution in [0.5, 0.6) is 0 Å². The zero-order valence-electron chi connectivity index (χ0n) is 11.7. The van der Waals surface area contributed by atoms with Crippen LogP contribution in [0.4, 0.5) is 0 Å². The molecule has 0 bridgehead atoms. The molecule has 1 aliphatic carbocycles. The predicted octanol–water partition coefficient (Wildman–Crippen LogP) is 1.27. The number of benzene rings is 1. The Balaban J connectivity index is 1.99. The van der Waals surface area contributed by atoms with E-state index >= 15 is 0 Å². The van der Waals surface area contributed by atoms with Crippen LogP contribution in [0.3, 0.4) is 0 Å². The number of nitrogens with two attached hydrogens (primary N) is 1. The zero-order chi connectivity index (χ0) is 14.2. The van der Waals surface area contributed by atoms with Gasteiger partial charge in [-0.2, -0.15) is 0 Å². The van der Waals surface area contributed by atoms with Crippen LogP contribution in [0.15, 0.2) is 24.3 Å². The molecule has 0 aliphatic heterocycles. The fraction of sp³-hybridized carbons (Fsp3) is 0.533. The third-order valence-corrected chi connectivity index (χ3v) is 4.25. The lowest BCUT2D eigenvalue weighted by Crippen LogP contribution is -2.62. The molecule has 2 rings (SSSR count). The van der Waals surface area contributed by atoms with Gasteiger partial charge in [0.25, 0.3) is 0 Å². The molecule has 1 aliphatic rings. The molecule has 3 unspecified atom stereocenters. The maximum atomic E-state index is 12.1. The molecule has 4 nitrogen and oxygen atoms in total. The molecule has 104 valence electrons. The summed E-state index contributed by atoms with van der Waals surface area (Å²) in [6.07, 6.45) is 0.243. The first-order valence-electron chi connectivity index (χ1n) is 6.63. The predicted molar refractivity (Wildman–Crippen MR) is 74.4 cm³/mol. The molecule has 0 spiro atoms. The van der Waals surface area contributed by atoms with Gasteiger partial charge in [0.15, 0.2) is 0 Å². The second kappa shape index (κ2) is 4.94. The fourth-order valence-electron chi connectivity index (χ4n) is 2.33. The first-order valence-corrected chi connectivity index (χ1v) is 6.63. The SMILES string of the molecule is Cc1ccc(C(N)C(=O)NC2CC(O)C2(C)C)cc1. The summed E-state index contributed by atoms with van der Waals surface area (Å²) in [5.41, 5.74) is 7.63. The van der Waals surface area contributed by atoms with Crippen molar-refractivity contribution in [1.29, 1.82) is 0 Å². The molecule has 19 heavy (non-hydrogen) atoms. The second-order valence-electron chi connectivity index (χ2n) is 6.02. The number of hydrogen-bond donors (Lipinski definition) is 3. The number of amides is 1. The Kier molecular flexibility index (Phi) is 3.65. The van der Waals surface area contributed by atoms with Gasteiger partial charge < -0.3 is 16.2 Å². The molecule has 1 aromatic carbocycles. The van der Waals surface area contributed by atoms with E-state index in [1.807, 2.05) is 45.0 Å². The van der Waals surface area contributed by atoms with E-state index in [2.05, 4.69) is 5.32 Å². The minimum absolute atomic E-state index is 0.00787. The summed E-state index contributed by atoms with van der Waals surface area (Å²) < 4.78 is 0. The highest BCUT2D eigenvalue weighted by atomic mass is 16.3. The van der Waals surface area contributed by atoms with Crippen molar-refractivity contribution in [2.45, 2.75) is 45.4 Å². The minimum atomic E-state index is -0.658. The van der Waals surface area contributed by atoms with Crippen molar-refractivity contribution in [3.8, 4) is 0 Å². The first-order chi connectivity index (χ1) is 8.82. The number of hydrogen-bond acceptors (Lipinski definition) is 3. The minimum Gasteiger partial charge on any atom is -0.392 e. The molecular formula is C15H22N2O2. The number of nitrogens with one attached hydrogen (secondary N) is 1. The number of aliphatic hydroxyl groups is 1. The molecular weight excluding hydrogens is 240 g/mol. The lowest BCUT2D eigenvalue weighted by atomic mass is 9.64. The zero-order valence-corrected chi connectivity index (χ0v) is 11.7. The van der Waals surface area contributed by atoms with E-state index in [1.165, 1.54) is 0 Å². The summed E-state index contributed by atoms with van der Waals surface area (Å²) in [7, 11) is 0. The Labute approximate surface area is 114 Å². The number of aryl methyl sites for hydroxylation is 1. The normalized spacial score (nSPS) is 26.4. The molecule has 1 fully saturated rings. The highest BCUT2D eigenvalue weighted by Gasteiger charge is 2.48. The Morgan fingerprint density at radius 3 is 2.47 bits per heavy atom. The molecule has 0 radical (unpaired) electrons. The standard InChI is InChI=1S/C15H22N2O2/c1-9-4-6-10(7-5-9)13(16)14(19)17-11-8-12(18)15(11,2)3/h4-7,11-13,18H,8,16H2,1-3H3,(H,17,19). The van der Waals surface area contributed by atoms with Crippen molar-refractivity contribution < 1.29 is 9.90 Å². The Hall–Kier alpha value is -1.39. The van der Waals surface area contributed by atoms with Crippen molar-refractivity contribution in [1.82, 2.24) is 5.32 Å². The van der Waals surface area contributed by atoms with Crippen LogP contribution in [0, 0.1) is 12.3 Å². The van der Waals surface area contributed by atoms with Crippen molar-refractivity contribution in [2.24, 2.45) is 11.1 Å². The van der Waals surface area contributed by atoms with E-state index in [1.54, 1.807) is 0 Å². The monoisotopic (exact) mass is 262 g/mol. The largest absolute Gasteiger partial charge is 0.392 e. The molecule has 4 heteroatoms. The molecule has 0 heterocycles. The van der Waals surface area contributed by atoms with Crippen molar-refractivity contribution >= 4 is 5.91 Å². The molecule has 0 aromatic heterocycles. The maximum absolute atomic E-state index is 12.1. The third-order valence-electron chi connectivity index (χ3n) is 4.25. The smallest absolute Gasteiger partial charge is 0.241 e. The van der Waals surface area contributed by atoms with Gasteiger partial charge in [0.1, 0.15) is 6.04 Å². The average Bonchev–Trinajstić information content (AvgIpc) is 2.38. The van der Waals surface area contributed by atoms with Gasteiger partial charge in [0.05, 0.1) is 6.10 Å². The van der Waals surface area contributed by atoms with Gasteiger partial charge in [-0.1, -0.05) is 43.7 Å². The molecule has 4 N–H and O–H groups in total. The molecule has 1 saturated carbocycles. The number of aliphatic hydroxyl groups excluding tert-OH is 1. The van der Waals surface area contributed by atoms with E-state index in [9.17, 15) is 9.90 Å². The summed E-state index contributed by atoms with van der Waals surface area (Å²) in [6, 6.07) is 6.97. The summed E-state index contributed by atoms with van der Waals surface area (Å²) in [6.45, 7) is 5.89. The van der Waals surface area contributed by atoms with E-state index < -0.39 is 6.04 Å². The van der Waals surface area contributed by atoms with Crippen LogP contribution in [-0.4, -0.2) is 23.2 Å². The summed E-state index contributed by atoms with van der Waals surface area (Å²) >= 11 is 0. The van der Waals surface area contributed by atoms with Gasteiger partial charge in [-0.05, 0) is 18.9 Å². The van der Waals surface area contributed by atoms with Gasteiger partial charge in [-0.3, -0.25) is 4.79 Å². The number of carbonyl (C=O) groups is 1. The van der Waals surface area contributed by atoms with Gasteiger partial charge in [0, 0.05) is 11.5 Å². The number of rotatable bonds is 3. The number of carbonyl (C=O) groups excluding carboxylic acids is 1. The molecule has 1 amide bonds. The summed E-state index contributed by atoms with van der Waals surface area (Å²) in [5.74, 6) is -0.186. The fourth-order valence-corrected chi connectivity index (χ4v) is 2.33. The van der Waals surface area contributed by atoms with E-state index in [4.69, 9.17) is 5.73 Å². The van der Waals surface area contributed by atoms with Crippen molar-refractivity contribution in [3.05, 3.63) is 35.4 Å². The Morgan fingerprint density at radius 1 is 1.42 bits per heavy atom. The maximum Gasteiger partial charge on any atom is 0.241 e. The van der Waals surface area contributed by atoms with Crippen molar-refractivity contribution in [3.63, 3.8) is 0 Å². The summed E-state index contributed by atoms with van der Waals surface area (Å²) in [5, 5.41) is 12.6. The third kappa shape index (κ3) is 2.65. The van der Waals surface area contributed by atoms with Gasteiger partial charge in [-0.15, -0.1) is 0 Å². The Morgan fingerprint density at radius 2 is 2.00 bits per heavy atom. The van der Waals surface area contributed by atoms with Crippen LogP contribution in [0.2, 0.25) is 0 Å². The van der Waals surface area contributed by atoms with Gasteiger partial charge in [-0.25, -0.2) is 0 Å².